The minimum Gasteiger partial charge on any atom is -0.312 e. The minimum atomic E-state index is -0.408. The van der Waals surface area contributed by atoms with Crippen molar-refractivity contribution in [3.8, 4) is 6.07 Å². The number of hydrogen-bond donors (Lipinski definition) is 1. The van der Waals surface area contributed by atoms with E-state index in [-0.39, 0.29) is 6.04 Å². The Morgan fingerprint density at radius 2 is 1.78 bits per heavy atom. The van der Waals surface area contributed by atoms with Crippen molar-refractivity contribution in [2.45, 2.75) is 40.2 Å². The maximum Gasteiger partial charge on any atom is 0.0712 e. The Bertz CT molecular complexity index is 410. The zero-order valence-corrected chi connectivity index (χ0v) is 12.1. The van der Waals surface area contributed by atoms with E-state index < -0.39 is 5.41 Å². The summed E-state index contributed by atoms with van der Waals surface area (Å²) < 4.78 is 0. The van der Waals surface area contributed by atoms with Crippen LogP contribution in [0.2, 0.25) is 0 Å². The molecule has 98 valence electrons. The van der Waals surface area contributed by atoms with Crippen molar-refractivity contribution in [1.29, 1.82) is 5.26 Å². The number of benzene rings is 1. The van der Waals surface area contributed by atoms with Gasteiger partial charge >= 0.3 is 0 Å². The molecule has 1 N–H and O–H groups in total. The highest BCUT2D eigenvalue weighted by molar-refractivity contribution is 5.28. The van der Waals surface area contributed by atoms with Gasteiger partial charge in [0.25, 0.3) is 0 Å². The van der Waals surface area contributed by atoms with Gasteiger partial charge in [-0.05, 0) is 44.4 Å². The highest BCUT2D eigenvalue weighted by Gasteiger charge is 2.29. The third-order valence-electron chi connectivity index (χ3n) is 3.26. The van der Waals surface area contributed by atoms with Crippen LogP contribution in [0, 0.1) is 22.7 Å². The van der Waals surface area contributed by atoms with Gasteiger partial charge in [-0.15, -0.1) is 0 Å². The van der Waals surface area contributed by atoms with Crippen molar-refractivity contribution in [1.82, 2.24) is 5.32 Å². The Morgan fingerprint density at radius 1 is 1.22 bits per heavy atom. The van der Waals surface area contributed by atoms with Gasteiger partial charge in [-0.3, -0.25) is 0 Å². The molecule has 0 aromatic heterocycles. The highest BCUT2D eigenvalue weighted by atomic mass is 14.9. The maximum atomic E-state index is 9.24. The molecule has 0 bridgehead atoms. The first-order chi connectivity index (χ1) is 8.40. The molecule has 1 unspecified atom stereocenters. The van der Waals surface area contributed by atoms with E-state index in [1.807, 2.05) is 20.9 Å². The van der Waals surface area contributed by atoms with Crippen LogP contribution in [-0.2, 0) is 6.42 Å². The normalized spacial score (nSPS) is 13.4. The standard InChI is InChI=1S/C16H24N2/c1-12(2)10-13-6-8-14(9-7-13)15(18-5)16(3,4)11-17/h6-9,12,15,18H,10H2,1-5H3. The second-order valence-corrected chi connectivity index (χ2v) is 5.89. The molecule has 1 rings (SSSR count). The van der Waals surface area contributed by atoms with Gasteiger partial charge in [-0.1, -0.05) is 38.1 Å². The first-order valence-electron chi connectivity index (χ1n) is 6.58. The number of nitriles is 1. The van der Waals surface area contributed by atoms with Gasteiger partial charge in [0.15, 0.2) is 0 Å². The topological polar surface area (TPSA) is 35.8 Å². The maximum absolute atomic E-state index is 9.24. The summed E-state index contributed by atoms with van der Waals surface area (Å²) in [7, 11) is 1.91. The molecule has 2 heteroatoms. The molecule has 1 aromatic rings. The summed E-state index contributed by atoms with van der Waals surface area (Å²) in [6.45, 7) is 8.39. The molecule has 0 spiro atoms. The van der Waals surface area contributed by atoms with E-state index in [9.17, 15) is 5.26 Å². The fourth-order valence-electron chi connectivity index (χ4n) is 2.33. The molecule has 1 atom stereocenters. The molecule has 1 aromatic carbocycles. The molecular weight excluding hydrogens is 220 g/mol. The lowest BCUT2D eigenvalue weighted by molar-refractivity contribution is 0.344. The highest BCUT2D eigenvalue weighted by Crippen LogP contribution is 2.32. The van der Waals surface area contributed by atoms with E-state index in [0.717, 1.165) is 6.42 Å². The van der Waals surface area contributed by atoms with Crippen LogP contribution in [0.3, 0.4) is 0 Å². The molecule has 0 radical (unpaired) electrons. The SMILES string of the molecule is CNC(c1ccc(CC(C)C)cc1)C(C)(C)C#N. The van der Waals surface area contributed by atoms with Crippen molar-refractivity contribution in [2.75, 3.05) is 7.05 Å². The van der Waals surface area contributed by atoms with Crippen LogP contribution in [-0.4, -0.2) is 7.05 Å². The largest absolute Gasteiger partial charge is 0.312 e. The van der Waals surface area contributed by atoms with Gasteiger partial charge in [0.05, 0.1) is 17.5 Å². The van der Waals surface area contributed by atoms with Crippen LogP contribution in [0.5, 0.6) is 0 Å². The lowest BCUT2D eigenvalue weighted by atomic mass is 9.81. The quantitative estimate of drug-likeness (QED) is 0.857. The zero-order valence-electron chi connectivity index (χ0n) is 12.1. The Kier molecular flexibility index (Phi) is 4.93. The van der Waals surface area contributed by atoms with Gasteiger partial charge in [-0.25, -0.2) is 0 Å². The van der Waals surface area contributed by atoms with Crippen molar-refractivity contribution in [3.63, 3.8) is 0 Å². The Labute approximate surface area is 111 Å². The fraction of sp³-hybridized carbons (Fsp3) is 0.562. The Hall–Kier alpha value is -1.33. The lowest BCUT2D eigenvalue weighted by Crippen LogP contribution is -2.30. The average Bonchev–Trinajstić information content (AvgIpc) is 2.31. The van der Waals surface area contributed by atoms with E-state index in [4.69, 9.17) is 0 Å². The fourth-order valence-corrected chi connectivity index (χ4v) is 2.33. The first-order valence-corrected chi connectivity index (χ1v) is 6.58. The summed E-state index contributed by atoms with van der Waals surface area (Å²) >= 11 is 0. The number of nitrogens with one attached hydrogen (secondary N) is 1. The third kappa shape index (κ3) is 3.58. The van der Waals surface area contributed by atoms with Crippen LogP contribution in [0.1, 0.15) is 44.9 Å². The lowest BCUT2D eigenvalue weighted by Gasteiger charge is -2.28. The summed E-state index contributed by atoms with van der Waals surface area (Å²) in [6.07, 6.45) is 1.10. The Balaban J connectivity index is 2.93. The molecule has 2 nitrogen and oxygen atoms in total. The molecule has 0 aliphatic heterocycles. The minimum absolute atomic E-state index is 0.0654. The van der Waals surface area contributed by atoms with Gasteiger partial charge < -0.3 is 5.32 Å². The van der Waals surface area contributed by atoms with Crippen molar-refractivity contribution in [3.05, 3.63) is 35.4 Å². The molecular formula is C16H24N2. The number of hydrogen-bond acceptors (Lipinski definition) is 2. The Morgan fingerprint density at radius 3 is 2.17 bits per heavy atom. The number of nitrogens with zero attached hydrogens (tertiary/aromatic N) is 1. The van der Waals surface area contributed by atoms with Gasteiger partial charge in [-0.2, -0.15) is 5.26 Å². The second-order valence-electron chi connectivity index (χ2n) is 5.89. The predicted octanol–water partition coefficient (Wildman–Crippen LogP) is 3.70. The van der Waals surface area contributed by atoms with E-state index in [2.05, 4.69) is 49.5 Å². The van der Waals surface area contributed by atoms with Crippen molar-refractivity contribution in [2.24, 2.45) is 11.3 Å². The van der Waals surface area contributed by atoms with Crippen LogP contribution < -0.4 is 5.32 Å². The van der Waals surface area contributed by atoms with E-state index >= 15 is 0 Å². The third-order valence-corrected chi connectivity index (χ3v) is 3.26. The van der Waals surface area contributed by atoms with Crippen LogP contribution in [0.4, 0.5) is 0 Å². The first kappa shape index (κ1) is 14.7. The molecule has 0 amide bonds. The molecule has 0 fully saturated rings. The predicted molar refractivity (Wildman–Crippen MR) is 76.2 cm³/mol. The summed E-state index contributed by atoms with van der Waals surface area (Å²) in [6, 6.07) is 11.1. The molecule has 18 heavy (non-hydrogen) atoms. The summed E-state index contributed by atoms with van der Waals surface area (Å²) in [5.41, 5.74) is 2.13. The summed E-state index contributed by atoms with van der Waals surface area (Å²) in [5, 5.41) is 12.5. The van der Waals surface area contributed by atoms with Gasteiger partial charge in [0, 0.05) is 0 Å². The monoisotopic (exact) mass is 244 g/mol. The zero-order chi connectivity index (χ0) is 13.8. The summed E-state index contributed by atoms with van der Waals surface area (Å²) in [5.74, 6) is 0.673. The smallest absolute Gasteiger partial charge is 0.0712 e. The molecule has 0 saturated carbocycles. The summed E-state index contributed by atoms with van der Waals surface area (Å²) in [4.78, 5) is 0. The molecule has 0 aliphatic carbocycles. The second kappa shape index (κ2) is 6.02. The van der Waals surface area contributed by atoms with Crippen LogP contribution in [0.15, 0.2) is 24.3 Å². The van der Waals surface area contributed by atoms with Gasteiger partial charge in [0.1, 0.15) is 0 Å². The number of rotatable bonds is 5. The van der Waals surface area contributed by atoms with Crippen LogP contribution in [0.25, 0.3) is 0 Å². The van der Waals surface area contributed by atoms with Crippen molar-refractivity contribution < 1.29 is 0 Å². The van der Waals surface area contributed by atoms with Gasteiger partial charge in [0.2, 0.25) is 0 Å². The van der Waals surface area contributed by atoms with E-state index in [1.165, 1.54) is 11.1 Å². The average molecular weight is 244 g/mol. The molecule has 0 saturated heterocycles. The molecule has 0 heterocycles. The van der Waals surface area contributed by atoms with Crippen molar-refractivity contribution >= 4 is 0 Å². The van der Waals surface area contributed by atoms with Crippen LogP contribution >= 0.6 is 0 Å². The molecule has 0 aliphatic rings. The van der Waals surface area contributed by atoms with E-state index in [0.29, 0.717) is 5.92 Å². The van der Waals surface area contributed by atoms with E-state index in [1.54, 1.807) is 0 Å².